The molecule has 8 heteroatoms. The van der Waals surface area contributed by atoms with Crippen molar-refractivity contribution in [1.29, 1.82) is 0 Å². The highest BCUT2D eigenvalue weighted by Crippen LogP contribution is 2.18. The third-order valence-electron chi connectivity index (χ3n) is 4.30. The monoisotopic (exact) mass is 372 g/mol. The number of aliphatic imine (C=N–C) groups is 1. The molecule has 0 amide bonds. The molecule has 1 fully saturated rings. The summed E-state index contributed by atoms with van der Waals surface area (Å²) in [5, 5.41) is 6.46. The van der Waals surface area contributed by atoms with Gasteiger partial charge in [0, 0.05) is 32.7 Å². The summed E-state index contributed by atoms with van der Waals surface area (Å²) in [5.74, 6) is 0.474. The molecule has 1 heterocycles. The van der Waals surface area contributed by atoms with Crippen LogP contribution < -0.4 is 15.4 Å². The number of rotatable bonds is 7. The molecule has 0 saturated carbocycles. The van der Waals surface area contributed by atoms with Crippen LogP contribution in [0.3, 0.4) is 0 Å². The molecular weight excluding hydrogens is 345 g/mol. The van der Waals surface area contributed by atoms with E-state index in [2.05, 4.69) is 15.6 Å². The van der Waals surface area contributed by atoms with E-state index in [0.29, 0.717) is 32.2 Å². The first kappa shape index (κ1) is 20.4. The number of piperidine rings is 1. The van der Waals surface area contributed by atoms with Crippen LogP contribution in [0, 0.1) is 5.82 Å². The van der Waals surface area contributed by atoms with Crippen LogP contribution in [0.2, 0.25) is 0 Å². The molecule has 5 nitrogen and oxygen atoms in total. The number of alkyl halides is 2. The first-order chi connectivity index (χ1) is 12.5. The second-order valence-electron chi connectivity index (χ2n) is 6.23. The summed E-state index contributed by atoms with van der Waals surface area (Å²) < 4.78 is 43.9. The number of halogens is 3. The molecular formula is C18H27F3N4O. The van der Waals surface area contributed by atoms with Crippen molar-refractivity contribution in [2.45, 2.75) is 38.8 Å². The fourth-order valence-corrected chi connectivity index (χ4v) is 2.96. The quantitative estimate of drug-likeness (QED) is 0.571. The van der Waals surface area contributed by atoms with Gasteiger partial charge in [0.1, 0.15) is 0 Å². The zero-order chi connectivity index (χ0) is 18.9. The number of nitrogens with zero attached hydrogens (tertiary/aromatic N) is 2. The Kier molecular flexibility index (Phi) is 8.03. The molecule has 1 aliphatic rings. The molecule has 1 aliphatic heterocycles. The molecule has 1 aromatic carbocycles. The minimum Gasteiger partial charge on any atom is -0.491 e. The second-order valence-corrected chi connectivity index (χ2v) is 6.23. The molecule has 0 unspecified atom stereocenters. The molecule has 0 aliphatic carbocycles. The standard InChI is InChI=1S/C18H27F3N4O/c1-3-26-16-5-4-13(10-15(16)19)11-23-18(22-2)24-14-6-8-25(9-7-14)12-17(20)21/h4-5,10,14,17H,3,6-9,11-12H2,1-2H3,(H2,22,23,24). The van der Waals surface area contributed by atoms with Crippen molar-refractivity contribution >= 4 is 5.96 Å². The first-order valence-corrected chi connectivity index (χ1v) is 8.90. The fraction of sp³-hybridized carbons (Fsp3) is 0.611. The third kappa shape index (κ3) is 6.40. The van der Waals surface area contributed by atoms with Crippen molar-refractivity contribution in [2.75, 3.05) is 33.3 Å². The molecule has 0 bridgehead atoms. The van der Waals surface area contributed by atoms with E-state index in [1.54, 1.807) is 24.1 Å². The third-order valence-corrected chi connectivity index (χ3v) is 4.30. The van der Waals surface area contributed by atoms with Crippen molar-refractivity contribution in [3.63, 3.8) is 0 Å². The van der Waals surface area contributed by atoms with Crippen LogP contribution in [0.25, 0.3) is 0 Å². The minimum atomic E-state index is -2.29. The maximum Gasteiger partial charge on any atom is 0.251 e. The van der Waals surface area contributed by atoms with Gasteiger partial charge in [-0.2, -0.15) is 0 Å². The van der Waals surface area contributed by atoms with Gasteiger partial charge in [0.25, 0.3) is 6.43 Å². The Bertz CT molecular complexity index is 590. The van der Waals surface area contributed by atoms with E-state index in [1.165, 1.54) is 6.07 Å². The summed E-state index contributed by atoms with van der Waals surface area (Å²) in [5.41, 5.74) is 0.778. The van der Waals surface area contributed by atoms with Crippen molar-refractivity contribution < 1.29 is 17.9 Å². The van der Waals surface area contributed by atoms with Gasteiger partial charge in [-0.15, -0.1) is 0 Å². The van der Waals surface area contributed by atoms with Gasteiger partial charge in [-0.1, -0.05) is 6.07 Å². The van der Waals surface area contributed by atoms with Crippen LogP contribution in [0.1, 0.15) is 25.3 Å². The van der Waals surface area contributed by atoms with E-state index in [-0.39, 0.29) is 24.2 Å². The maximum atomic E-state index is 13.9. The van der Waals surface area contributed by atoms with E-state index < -0.39 is 6.43 Å². The lowest BCUT2D eigenvalue weighted by molar-refractivity contribution is 0.0744. The molecule has 26 heavy (non-hydrogen) atoms. The van der Waals surface area contributed by atoms with Crippen LogP contribution in [-0.4, -0.2) is 56.6 Å². The number of guanidine groups is 1. The number of benzene rings is 1. The summed E-state index contributed by atoms with van der Waals surface area (Å²) in [7, 11) is 1.67. The van der Waals surface area contributed by atoms with Gasteiger partial charge >= 0.3 is 0 Å². The van der Waals surface area contributed by atoms with Crippen LogP contribution in [0.15, 0.2) is 23.2 Å². The Balaban J connectivity index is 1.79. The fourth-order valence-electron chi connectivity index (χ4n) is 2.96. The lowest BCUT2D eigenvalue weighted by Crippen LogP contribution is -2.49. The Labute approximate surface area is 152 Å². The molecule has 0 atom stereocenters. The molecule has 0 aromatic heterocycles. The summed E-state index contributed by atoms with van der Waals surface area (Å²) in [6, 6.07) is 5.04. The van der Waals surface area contributed by atoms with E-state index in [4.69, 9.17) is 4.74 Å². The predicted octanol–water partition coefficient (Wildman–Crippen LogP) is 2.62. The molecule has 0 radical (unpaired) electrons. The maximum absolute atomic E-state index is 13.9. The van der Waals surface area contributed by atoms with Crippen molar-refractivity contribution in [2.24, 2.45) is 4.99 Å². The van der Waals surface area contributed by atoms with Gasteiger partial charge in [-0.05, 0) is 37.5 Å². The highest BCUT2D eigenvalue weighted by Gasteiger charge is 2.21. The number of ether oxygens (including phenoxy) is 1. The molecule has 2 N–H and O–H groups in total. The molecule has 1 saturated heterocycles. The normalized spacial score (nSPS) is 16.8. The van der Waals surface area contributed by atoms with Gasteiger partial charge in [-0.3, -0.25) is 9.89 Å². The topological polar surface area (TPSA) is 48.9 Å². The van der Waals surface area contributed by atoms with Gasteiger partial charge < -0.3 is 15.4 Å². The Morgan fingerprint density at radius 2 is 2.08 bits per heavy atom. The summed E-state index contributed by atoms with van der Waals surface area (Å²) in [4.78, 5) is 5.96. The van der Waals surface area contributed by atoms with Crippen molar-refractivity contribution in [3.05, 3.63) is 29.6 Å². The van der Waals surface area contributed by atoms with Crippen molar-refractivity contribution in [3.8, 4) is 5.75 Å². The second kappa shape index (κ2) is 10.3. The number of likely N-dealkylation sites (tertiary alicyclic amines) is 1. The lowest BCUT2D eigenvalue weighted by Gasteiger charge is -2.32. The zero-order valence-electron chi connectivity index (χ0n) is 15.3. The Morgan fingerprint density at radius 1 is 1.35 bits per heavy atom. The minimum absolute atomic E-state index is 0.164. The van der Waals surface area contributed by atoms with Gasteiger partial charge in [-0.25, -0.2) is 13.2 Å². The van der Waals surface area contributed by atoms with E-state index in [0.717, 1.165) is 18.4 Å². The van der Waals surface area contributed by atoms with Gasteiger partial charge in [0.05, 0.1) is 13.2 Å². The van der Waals surface area contributed by atoms with Gasteiger partial charge in [0.15, 0.2) is 17.5 Å². The Morgan fingerprint density at radius 3 is 2.65 bits per heavy atom. The average Bonchev–Trinajstić information content (AvgIpc) is 2.62. The summed E-state index contributed by atoms with van der Waals surface area (Å²) >= 11 is 0. The predicted molar refractivity (Wildman–Crippen MR) is 96.4 cm³/mol. The van der Waals surface area contributed by atoms with Crippen LogP contribution in [0.4, 0.5) is 13.2 Å². The highest BCUT2D eigenvalue weighted by atomic mass is 19.3. The van der Waals surface area contributed by atoms with Crippen molar-refractivity contribution in [1.82, 2.24) is 15.5 Å². The Hall–Kier alpha value is -1.96. The SMILES string of the molecule is CCOc1ccc(CNC(=NC)NC2CCN(CC(F)F)CC2)cc1F. The average molecular weight is 372 g/mol. The number of hydrogen-bond acceptors (Lipinski definition) is 3. The van der Waals surface area contributed by atoms with Crippen LogP contribution in [0.5, 0.6) is 5.75 Å². The van der Waals surface area contributed by atoms with E-state index >= 15 is 0 Å². The molecule has 0 spiro atoms. The summed E-state index contributed by atoms with van der Waals surface area (Å²) in [6.45, 7) is 3.77. The van der Waals surface area contributed by atoms with Gasteiger partial charge in [0.2, 0.25) is 0 Å². The number of hydrogen-bond donors (Lipinski definition) is 2. The summed E-state index contributed by atoms with van der Waals surface area (Å²) in [6.07, 6.45) is -0.723. The highest BCUT2D eigenvalue weighted by molar-refractivity contribution is 5.79. The van der Waals surface area contributed by atoms with Crippen LogP contribution >= 0.6 is 0 Å². The molecule has 1 aromatic rings. The van der Waals surface area contributed by atoms with E-state index in [9.17, 15) is 13.2 Å². The molecule has 146 valence electrons. The smallest absolute Gasteiger partial charge is 0.251 e. The lowest BCUT2D eigenvalue weighted by atomic mass is 10.1. The van der Waals surface area contributed by atoms with E-state index in [1.807, 2.05) is 6.92 Å². The first-order valence-electron chi connectivity index (χ1n) is 8.90. The largest absolute Gasteiger partial charge is 0.491 e. The number of nitrogens with one attached hydrogen (secondary N) is 2. The molecule has 2 rings (SSSR count). The van der Waals surface area contributed by atoms with Crippen LogP contribution in [-0.2, 0) is 6.54 Å². The zero-order valence-corrected chi connectivity index (χ0v) is 15.3.